The minimum atomic E-state index is -0.328. The van der Waals surface area contributed by atoms with E-state index < -0.39 is 0 Å². The van der Waals surface area contributed by atoms with Crippen LogP contribution in [0.25, 0.3) is 5.57 Å². The lowest BCUT2D eigenvalue weighted by Gasteiger charge is -2.37. The molecule has 0 aromatic heterocycles. The van der Waals surface area contributed by atoms with Gasteiger partial charge in [0.25, 0.3) is 11.8 Å². The molecule has 6 nitrogen and oxygen atoms in total. The smallest absolute Gasteiger partial charge is 0.278 e. The van der Waals surface area contributed by atoms with Crippen molar-refractivity contribution in [3.63, 3.8) is 0 Å². The van der Waals surface area contributed by atoms with Crippen molar-refractivity contribution in [1.29, 1.82) is 0 Å². The van der Waals surface area contributed by atoms with Gasteiger partial charge < -0.3 is 14.4 Å². The van der Waals surface area contributed by atoms with Crippen LogP contribution in [0.15, 0.2) is 54.2 Å². The van der Waals surface area contributed by atoms with Crippen LogP contribution in [0.4, 0.5) is 0 Å². The monoisotopic (exact) mass is 440 g/mol. The second-order valence-corrected chi connectivity index (χ2v) is 8.35. The summed E-state index contributed by atoms with van der Waals surface area (Å²) in [7, 11) is 1.56. The van der Waals surface area contributed by atoms with Crippen molar-refractivity contribution in [1.82, 2.24) is 9.80 Å². The third-order valence-corrected chi connectivity index (χ3v) is 5.76. The number of hydrogen-bond donors (Lipinski definition) is 0. The number of benzene rings is 2. The first kappa shape index (κ1) is 21.4. The number of rotatable bonds is 5. The van der Waals surface area contributed by atoms with Crippen LogP contribution in [0, 0.1) is 0 Å². The first-order valence-electron chi connectivity index (χ1n) is 10.3. The number of ether oxygens (including phenoxy) is 2. The van der Waals surface area contributed by atoms with Gasteiger partial charge in [-0.15, -0.1) is 0 Å². The van der Waals surface area contributed by atoms with Crippen LogP contribution in [-0.2, 0) is 20.9 Å². The molecule has 2 heterocycles. The average Bonchev–Trinajstić information content (AvgIpc) is 2.99. The first-order chi connectivity index (χ1) is 14.9. The molecule has 0 N–H and O–H groups in total. The van der Waals surface area contributed by atoms with Gasteiger partial charge in [-0.3, -0.25) is 14.5 Å². The SMILES string of the molecule is COc1ccccc1C1=C(N2CC(C)OC(C)C2)C(=O)N(Cc2ccc(Cl)cc2)C1=O. The Morgan fingerprint density at radius 3 is 2.29 bits per heavy atom. The van der Waals surface area contributed by atoms with E-state index >= 15 is 0 Å². The van der Waals surface area contributed by atoms with Gasteiger partial charge in [0.1, 0.15) is 11.4 Å². The molecule has 0 aliphatic carbocycles. The van der Waals surface area contributed by atoms with E-state index in [1.165, 1.54) is 4.90 Å². The first-order valence-corrected chi connectivity index (χ1v) is 10.7. The fourth-order valence-corrected chi connectivity index (χ4v) is 4.35. The van der Waals surface area contributed by atoms with E-state index in [-0.39, 0.29) is 30.6 Å². The lowest BCUT2D eigenvalue weighted by Crippen LogP contribution is -2.46. The molecule has 162 valence electrons. The van der Waals surface area contributed by atoms with Gasteiger partial charge in [-0.1, -0.05) is 41.9 Å². The highest BCUT2D eigenvalue weighted by Gasteiger charge is 2.43. The minimum Gasteiger partial charge on any atom is -0.496 e. The molecule has 0 saturated carbocycles. The van der Waals surface area contributed by atoms with Crippen molar-refractivity contribution in [2.24, 2.45) is 0 Å². The molecule has 2 aliphatic rings. The quantitative estimate of drug-likeness (QED) is 0.663. The van der Waals surface area contributed by atoms with Crippen molar-refractivity contribution in [3.8, 4) is 5.75 Å². The summed E-state index contributed by atoms with van der Waals surface area (Å²) in [4.78, 5) is 30.4. The van der Waals surface area contributed by atoms with E-state index in [4.69, 9.17) is 21.1 Å². The number of methoxy groups -OCH3 is 1. The van der Waals surface area contributed by atoms with E-state index in [1.807, 2.05) is 49.1 Å². The average molecular weight is 441 g/mol. The van der Waals surface area contributed by atoms with E-state index in [9.17, 15) is 9.59 Å². The van der Waals surface area contributed by atoms with Gasteiger partial charge in [-0.2, -0.15) is 0 Å². The molecule has 2 unspecified atom stereocenters. The number of halogens is 1. The van der Waals surface area contributed by atoms with Gasteiger partial charge in [0.2, 0.25) is 0 Å². The van der Waals surface area contributed by atoms with E-state index in [2.05, 4.69) is 0 Å². The number of para-hydroxylation sites is 1. The van der Waals surface area contributed by atoms with Gasteiger partial charge >= 0.3 is 0 Å². The second-order valence-electron chi connectivity index (χ2n) is 7.91. The molecule has 4 rings (SSSR count). The third-order valence-electron chi connectivity index (χ3n) is 5.51. The van der Waals surface area contributed by atoms with Crippen LogP contribution in [-0.4, -0.2) is 54.0 Å². The lowest BCUT2D eigenvalue weighted by atomic mass is 10.0. The Morgan fingerprint density at radius 1 is 1.00 bits per heavy atom. The molecule has 0 spiro atoms. The highest BCUT2D eigenvalue weighted by Crippen LogP contribution is 2.37. The molecule has 0 radical (unpaired) electrons. The summed E-state index contributed by atoms with van der Waals surface area (Å²) in [5.74, 6) is -0.0766. The third kappa shape index (κ3) is 4.18. The molecule has 2 aliphatic heterocycles. The van der Waals surface area contributed by atoms with Gasteiger partial charge in [0.05, 0.1) is 31.4 Å². The largest absolute Gasteiger partial charge is 0.496 e. The van der Waals surface area contributed by atoms with Crippen LogP contribution in [0.2, 0.25) is 5.02 Å². The number of carbonyl (C=O) groups excluding carboxylic acids is 2. The number of morpholine rings is 1. The highest BCUT2D eigenvalue weighted by atomic mass is 35.5. The van der Waals surface area contributed by atoms with Crippen molar-refractivity contribution in [2.45, 2.75) is 32.6 Å². The number of imide groups is 1. The van der Waals surface area contributed by atoms with Crippen LogP contribution in [0.5, 0.6) is 5.75 Å². The Bertz CT molecular complexity index is 1020. The number of hydrogen-bond acceptors (Lipinski definition) is 5. The zero-order valence-corrected chi connectivity index (χ0v) is 18.6. The van der Waals surface area contributed by atoms with E-state index in [1.54, 1.807) is 25.3 Å². The van der Waals surface area contributed by atoms with Gasteiger partial charge in [0.15, 0.2) is 0 Å². The molecule has 2 aromatic carbocycles. The summed E-state index contributed by atoms with van der Waals surface area (Å²) in [5.41, 5.74) is 2.22. The standard InChI is InChI=1S/C24H25ClN2O4/c1-15-12-26(13-16(2)31-15)22-21(19-6-4-5-7-20(19)30-3)23(28)27(24(22)29)14-17-8-10-18(25)11-9-17/h4-11,15-16H,12-14H2,1-3H3. The van der Waals surface area contributed by atoms with Crippen LogP contribution >= 0.6 is 11.6 Å². The molecular formula is C24H25ClN2O4. The molecule has 2 atom stereocenters. The molecular weight excluding hydrogens is 416 g/mol. The Morgan fingerprint density at radius 2 is 1.65 bits per heavy atom. The summed E-state index contributed by atoms with van der Waals surface area (Å²) < 4.78 is 11.4. The molecule has 1 saturated heterocycles. The van der Waals surface area contributed by atoms with E-state index in [0.717, 1.165) is 5.56 Å². The number of amides is 2. The molecule has 7 heteroatoms. The van der Waals surface area contributed by atoms with Gasteiger partial charge in [-0.25, -0.2) is 0 Å². The predicted molar refractivity (Wildman–Crippen MR) is 119 cm³/mol. The van der Waals surface area contributed by atoms with Crippen LogP contribution in [0.3, 0.4) is 0 Å². The van der Waals surface area contributed by atoms with E-state index in [0.29, 0.717) is 40.7 Å². The van der Waals surface area contributed by atoms with Crippen LogP contribution < -0.4 is 4.74 Å². The van der Waals surface area contributed by atoms with Crippen molar-refractivity contribution in [3.05, 3.63) is 70.4 Å². The Labute approximate surface area is 187 Å². The minimum absolute atomic E-state index is 0.0524. The topological polar surface area (TPSA) is 59.1 Å². The van der Waals surface area contributed by atoms with Crippen LogP contribution in [0.1, 0.15) is 25.0 Å². The van der Waals surface area contributed by atoms with Crippen molar-refractivity contribution < 1.29 is 19.1 Å². The molecule has 0 bridgehead atoms. The summed E-state index contributed by atoms with van der Waals surface area (Å²) >= 11 is 5.99. The molecule has 2 aromatic rings. The maximum Gasteiger partial charge on any atom is 0.278 e. The molecule has 2 amide bonds. The maximum atomic E-state index is 13.6. The number of carbonyl (C=O) groups is 2. The Kier molecular flexibility index (Phi) is 6.03. The zero-order chi connectivity index (χ0) is 22.1. The lowest BCUT2D eigenvalue weighted by molar-refractivity contribution is -0.139. The normalized spacial score (nSPS) is 21.8. The predicted octanol–water partition coefficient (Wildman–Crippen LogP) is 3.74. The summed E-state index contributed by atoms with van der Waals surface area (Å²) in [6.07, 6.45) is -0.105. The molecule has 1 fully saturated rings. The van der Waals surface area contributed by atoms with Gasteiger partial charge in [-0.05, 0) is 37.6 Å². The summed E-state index contributed by atoms with van der Waals surface area (Å²) in [6.45, 7) is 5.18. The molecule has 31 heavy (non-hydrogen) atoms. The maximum absolute atomic E-state index is 13.6. The Balaban J connectivity index is 1.78. The Hall–Kier alpha value is -2.83. The highest BCUT2D eigenvalue weighted by molar-refractivity contribution is 6.36. The second kappa shape index (κ2) is 8.73. The fourth-order valence-electron chi connectivity index (χ4n) is 4.23. The van der Waals surface area contributed by atoms with Crippen molar-refractivity contribution in [2.75, 3.05) is 20.2 Å². The summed E-state index contributed by atoms with van der Waals surface area (Å²) in [5, 5.41) is 0.604. The number of nitrogens with zero attached hydrogens (tertiary/aromatic N) is 2. The fraction of sp³-hybridized carbons (Fsp3) is 0.333. The van der Waals surface area contributed by atoms with Gasteiger partial charge in [0, 0.05) is 23.7 Å². The van der Waals surface area contributed by atoms with Crippen molar-refractivity contribution >= 4 is 29.0 Å². The zero-order valence-electron chi connectivity index (χ0n) is 17.8. The summed E-state index contributed by atoms with van der Waals surface area (Å²) in [6, 6.07) is 14.4.